The van der Waals surface area contributed by atoms with E-state index in [9.17, 15) is 0 Å². The predicted molar refractivity (Wildman–Crippen MR) is 252 cm³/mol. The highest BCUT2D eigenvalue weighted by Gasteiger charge is 2.45. The van der Waals surface area contributed by atoms with Crippen molar-refractivity contribution in [1.82, 2.24) is 0 Å². The van der Waals surface area contributed by atoms with E-state index in [1.165, 1.54) is 104 Å². The summed E-state index contributed by atoms with van der Waals surface area (Å²) >= 11 is 0. The zero-order valence-electron chi connectivity index (χ0n) is 35.8. The van der Waals surface area contributed by atoms with Gasteiger partial charge in [-0.2, -0.15) is 0 Å². The first-order valence-electron chi connectivity index (χ1n) is 21.9. The first-order chi connectivity index (χ1) is 28.4. The highest BCUT2D eigenvalue weighted by Crippen LogP contribution is 2.50. The van der Waals surface area contributed by atoms with Crippen molar-refractivity contribution in [2.24, 2.45) is 0 Å². The number of aryl methyl sites for hydroxylation is 6. The lowest BCUT2D eigenvalue weighted by Gasteiger charge is -2.53. The molecule has 0 N–H and O–H groups in total. The topological polar surface area (TPSA) is 6.48 Å². The molecule has 2 nitrogen and oxygen atoms in total. The van der Waals surface area contributed by atoms with Crippen LogP contribution in [0.2, 0.25) is 0 Å². The lowest BCUT2D eigenvalue weighted by atomic mass is 9.86. The van der Waals surface area contributed by atoms with Crippen LogP contribution in [0.4, 0.5) is 22.7 Å². The molecule has 6 aromatic carbocycles. The Morgan fingerprint density at radius 1 is 0.483 bits per heavy atom. The van der Waals surface area contributed by atoms with Crippen molar-refractivity contribution in [2.75, 3.05) is 9.80 Å². The van der Waals surface area contributed by atoms with Crippen LogP contribution in [0, 0.1) is 13.8 Å². The molecule has 0 fully saturated rings. The van der Waals surface area contributed by atoms with Gasteiger partial charge in [0.2, 0.25) is 0 Å². The fourth-order valence-electron chi connectivity index (χ4n) is 8.88. The highest BCUT2D eigenvalue weighted by molar-refractivity contribution is 5.85. The van der Waals surface area contributed by atoms with Gasteiger partial charge in [0.15, 0.2) is 0 Å². The van der Waals surface area contributed by atoms with Crippen molar-refractivity contribution >= 4 is 28.3 Å². The van der Waals surface area contributed by atoms with E-state index >= 15 is 0 Å². The Morgan fingerprint density at radius 2 is 0.948 bits per heavy atom. The summed E-state index contributed by atoms with van der Waals surface area (Å²) in [5, 5.41) is 0. The Bertz CT molecular complexity index is 2200. The molecular weight excluding hydrogens is 701 g/mol. The van der Waals surface area contributed by atoms with E-state index in [-0.39, 0.29) is 0 Å². The molecule has 0 radical (unpaired) electrons. The number of anilines is 4. The Hall–Kier alpha value is -5.60. The summed E-state index contributed by atoms with van der Waals surface area (Å²) in [5.74, 6) is 0. The van der Waals surface area contributed by atoms with Gasteiger partial charge in [-0.1, -0.05) is 168 Å². The Kier molecular flexibility index (Phi) is 13.1. The molecule has 0 atom stereocenters. The van der Waals surface area contributed by atoms with Crippen LogP contribution < -0.4 is 9.80 Å². The number of unbranched alkanes of at least 4 members (excludes halogenated alkanes) is 2. The maximum Gasteiger partial charge on any atom is 0.145 e. The fourth-order valence-corrected chi connectivity index (χ4v) is 8.88. The molecule has 2 heteroatoms. The third kappa shape index (κ3) is 8.48. The monoisotopic (exact) mass is 762 g/mol. The van der Waals surface area contributed by atoms with Crippen LogP contribution in [-0.4, -0.2) is 5.66 Å². The number of benzene rings is 6. The van der Waals surface area contributed by atoms with E-state index in [4.69, 9.17) is 0 Å². The number of rotatable bonds is 16. The minimum Gasteiger partial charge on any atom is -0.313 e. The van der Waals surface area contributed by atoms with E-state index in [1.54, 1.807) is 0 Å². The minimum atomic E-state index is -0.643. The second-order valence-electron chi connectivity index (χ2n) is 16.1. The first-order valence-corrected chi connectivity index (χ1v) is 21.9. The smallest absolute Gasteiger partial charge is 0.145 e. The van der Waals surface area contributed by atoms with E-state index in [0.29, 0.717) is 0 Å². The zero-order chi connectivity index (χ0) is 40.5. The van der Waals surface area contributed by atoms with Crippen molar-refractivity contribution in [3.8, 4) is 11.1 Å². The second-order valence-corrected chi connectivity index (χ2v) is 16.1. The first kappa shape index (κ1) is 40.6. The van der Waals surface area contributed by atoms with Crippen LogP contribution in [0.1, 0.15) is 98.7 Å². The predicted octanol–water partition coefficient (Wildman–Crippen LogP) is 15.5. The summed E-state index contributed by atoms with van der Waals surface area (Å²) in [7, 11) is 0. The van der Waals surface area contributed by atoms with Gasteiger partial charge in [0.25, 0.3) is 0 Å². The third-order valence-electron chi connectivity index (χ3n) is 12.1. The number of hydrogen-bond acceptors (Lipinski definition) is 2. The summed E-state index contributed by atoms with van der Waals surface area (Å²) in [4.78, 5) is 5.40. The van der Waals surface area contributed by atoms with Crippen LogP contribution in [-0.2, 0) is 25.7 Å². The van der Waals surface area contributed by atoms with Crippen LogP contribution in [0.5, 0.6) is 0 Å². The maximum atomic E-state index is 2.70. The molecule has 0 amide bonds. The molecule has 0 saturated heterocycles. The van der Waals surface area contributed by atoms with Gasteiger partial charge >= 0.3 is 0 Å². The minimum absolute atomic E-state index is 0.643. The second kappa shape index (κ2) is 18.8. The van der Waals surface area contributed by atoms with Crippen LogP contribution in [0.15, 0.2) is 158 Å². The average molecular weight is 763 g/mol. The lowest BCUT2D eigenvalue weighted by molar-refractivity contribution is 0.522. The number of hydrogen-bond donors (Lipinski definition) is 0. The fraction of sp³-hybridized carbons (Fsp3) is 0.286. The van der Waals surface area contributed by atoms with Gasteiger partial charge in [-0.05, 0) is 138 Å². The van der Waals surface area contributed by atoms with Crippen LogP contribution in [0.25, 0.3) is 16.7 Å². The van der Waals surface area contributed by atoms with Crippen LogP contribution in [0.3, 0.4) is 0 Å². The summed E-state index contributed by atoms with van der Waals surface area (Å²) < 4.78 is 0. The van der Waals surface area contributed by atoms with Gasteiger partial charge in [0.05, 0.1) is 0 Å². The summed E-state index contributed by atoms with van der Waals surface area (Å²) in [6.07, 6.45) is 17.0. The number of nitrogens with zero attached hydrogens (tertiary/aromatic N) is 2. The van der Waals surface area contributed by atoms with Crippen molar-refractivity contribution < 1.29 is 0 Å². The molecule has 0 unspecified atom stereocenters. The summed E-state index contributed by atoms with van der Waals surface area (Å²) in [5.41, 5.74) is 17.4. The third-order valence-corrected chi connectivity index (χ3v) is 12.1. The van der Waals surface area contributed by atoms with E-state index < -0.39 is 5.66 Å². The molecule has 1 aliphatic rings. The molecule has 58 heavy (non-hydrogen) atoms. The molecule has 0 spiro atoms. The van der Waals surface area contributed by atoms with Gasteiger partial charge in [-0.25, -0.2) is 0 Å². The molecule has 0 bridgehead atoms. The van der Waals surface area contributed by atoms with E-state index in [0.717, 1.165) is 32.1 Å². The summed E-state index contributed by atoms with van der Waals surface area (Å²) in [6.45, 7) is 13.7. The van der Waals surface area contributed by atoms with Crippen molar-refractivity contribution in [2.45, 2.75) is 105 Å². The highest BCUT2D eigenvalue weighted by atomic mass is 15.4. The molecule has 7 rings (SSSR count). The van der Waals surface area contributed by atoms with Crippen molar-refractivity contribution in [3.63, 3.8) is 0 Å². The van der Waals surface area contributed by atoms with Gasteiger partial charge < -0.3 is 9.80 Å². The van der Waals surface area contributed by atoms with Crippen molar-refractivity contribution in [3.05, 3.63) is 197 Å². The number of allylic oxidation sites excluding steroid dienone is 2. The molecule has 6 aromatic rings. The van der Waals surface area contributed by atoms with Gasteiger partial charge in [0.1, 0.15) is 5.66 Å². The maximum absolute atomic E-state index is 2.70. The summed E-state index contributed by atoms with van der Waals surface area (Å²) in [6, 6.07) is 52.5. The molecule has 1 aliphatic carbocycles. The van der Waals surface area contributed by atoms with E-state index in [2.05, 4.69) is 209 Å². The molecule has 296 valence electrons. The zero-order valence-corrected chi connectivity index (χ0v) is 35.8. The molecule has 0 aromatic heterocycles. The molecule has 0 aliphatic heterocycles. The van der Waals surface area contributed by atoms with Gasteiger partial charge in [0, 0.05) is 29.2 Å². The average Bonchev–Trinajstić information content (AvgIpc) is 3.27. The lowest BCUT2D eigenvalue weighted by Crippen LogP contribution is -2.58. The number of para-hydroxylation sites is 2. The Labute approximate surface area is 349 Å². The molecule has 0 heterocycles. The molecule has 0 saturated carbocycles. The van der Waals surface area contributed by atoms with Crippen molar-refractivity contribution in [1.29, 1.82) is 0 Å². The Balaban J connectivity index is 1.48. The largest absolute Gasteiger partial charge is 0.313 e. The van der Waals surface area contributed by atoms with Gasteiger partial charge in [-0.3, -0.25) is 0 Å². The quantitative estimate of drug-likeness (QED) is 0.0906. The van der Waals surface area contributed by atoms with Crippen LogP contribution >= 0.6 is 0 Å². The molecular formula is C56H62N2. The standard InChI is InChI=1S/C56H62N2/c1-7-11-20-44-26-34-52(35-27-44)57(54-42(5)18-16-24-46(54)9-3)56(40-38-51(39-41-56)50-32-30-49(31-33-50)48-22-14-13-15-23-48)58(55-43(6)19-17-25-47(55)10-4)53-36-28-45(29-37-53)21-12-8-2/h13-19,22-40H,7-12,20-21,41H2,1-6H3. The van der Waals surface area contributed by atoms with Gasteiger partial charge in [-0.15, -0.1) is 0 Å². The SMILES string of the molecule is CCCCc1ccc(N(c2c(C)cccc2CC)C2(N(c3ccc(CCCC)cc3)c3c(C)cccc3CC)C=CC(c3ccc(-c4ccccc4)cc3)=CC2)cc1. The van der Waals surface area contributed by atoms with E-state index in [1.807, 2.05) is 0 Å². The Morgan fingerprint density at radius 3 is 1.38 bits per heavy atom. The normalized spacial score (nSPS) is 13.3.